The second-order valence-corrected chi connectivity index (χ2v) is 5.43. The van der Waals surface area contributed by atoms with Crippen molar-refractivity contribution >= 4 is 17.3 Å². The normalized spacial score (nSPS) is 15.5. The quantitative estimate of drug-likeness (QED) is 0.686. The van der Waals surface area contributed by atoms with Crippen molar-refractivity contribution in [1.29, 1.82) is 0 Å². The molecule has 22 heavy (non-hydrogen) atoms. The summed E-state index contributed by atoms with van der Waals surface area (Å²) in [5.74, 6) is 0.138. The van der Waals surface area contributed by atoms with E-state index in [4.69, 9.17) is 0 Å². The van der Waals surface area contributed by atoms with Crippen LogP contribution in [0.25, 0.3) is 0 Å². The van der Waals surface area contributed by atoms with Gasteiger partial charge in [-0.3, -0.25) is 9.59 Å². The third-order valence-electron chi connectivity index (χ3n) is 3.92. The van der Waals surface area contributed by atoms with Gasteiger partial charge in [-0.2, -0.15) is 0 Å². The molecule has 1 aliphatic rings. The van der Waals surface area contributed by atoms with Crippen LogP contribution in [0.3, 0.4) is 0 Å². The van der Waals surface area contributed by atoms with E-state index >= 15 is 0 Å². The zero-order chi connectivity index (χ0) is 15.5. The summed E-state index contributed by atoms with van der Waals surface area (Å²) in [5, 5.41) is 3.15. The van der Waals surface area contributed by atoms with Crippen LogP contribution in [0.5, 0.6) is 0 Å². The number of anilines is 1. The van der Waals surface area contributed by atoms with Gasteiger partial charge in [-0.1, -0.05) is 24.3 Å². The average molecular weight is 291 g/mol. The molecule has 1 N–H and O–H groups in total. The first-order valence-electron chi connectivity index (χ1n) is 7.34. The Hall–Kier alpha value is -2.68. The maximum absolute atomic E-state index is 12.4. The highest BCUT2D eigenvalue weighted by Gasteiger charge is 2.20. The number of carbonyl (C=O) groups excluding carboxylic acids is 2. The highest BCUT2D eigenvalue weighted by Crippen LogP contribution is 2.25. The zero-order valence-corrected chi connectivity index (χ0v) is 12.4. The molecule has 0 radical (unpaired) electrons. The van der Waals surface area contributed by atoms with Gasteiger partial charge in [0.2, 0.25) is 0 Å². The maximum atomic E-state index is 12.4. The van der Waals surface area contributed by atoms with Crippen LogP contribution in [0, 0.1) is 0 Å². The number of nitrogens with one attached hydrogen (secondary N) is 1. The summed E-state index contributed by atoms with van der Waals surface area (Å²) in [7, 11) is 0. The van der Waals surface area contributed by atoms with Crippen molar-refractivity contribution < 1.29 is 9.59 Å². The summed E-state index contributed by atoms with van der Waals surface area (Å²) in [5.41, 5.74) is 4.25. The van der Waals surface area contributed by atoms with E-state index < -0.39 is 0 Å². The molecule has 0 fully saturated rings. The first kappa shape index (κ1) is 14.3. The fraction of sp³-hybridized carbons (Fsp3) is 0.158. The molecule has 0 unspecified atom stereocenters. The van der Waals surface area contributed by atoms with Gasteiger partial charge in [0.1, 0.15) is 0 Å². The molecule has 0 amide bonds. The Morgan fingerprint density at radius 3 is 2.50 bits per heavy atom. The number of benzene rings is 2. The molecule has 0 heterocycles. The van der Waals surface area contributed by atoms with Crippen molar-refractivity contribution in [3.05, 3.63) is 77.0 Å². The van der Waals surface area contributed by atoms with Crippen LogP contribution >= 0.6 is 0 Å². The molecule has 110 valence electrons. The Morgan fingerprint density at radius 1 is 1.05 bits per heavy atom. The Balaban J connectivity index is 1.76. The molecular weight excluding hydrogens is 274 g/mol. The first-order chi connectivity index (χ1) is 10.6. The number of rotatable bonds is 3. The molecule has 0 spiro atoms. The summed E-state index contributed by atoms with van der Waals surface area (Å²) in [6, 6.07) is 15.0. The largest absolute Gasteiger partial charge is 0.361 e. The van der Waals surface area contributed by atoms with E-state index in [1.165, 1.54) is 0 Å². The molecule has 0 atom stereocenters. The van der Waals surface area contributed by atoms with Crippen LogP contribution in [-0.2, 0) is 6.42 Å². The summed E-state index contributed by atoms with van der Waals surface area (Å²) in [6.07, 6.45) is 3.41. The number of Topliss-reactive ketones (excluding diaryl/α,β-unsaturated/α-hetero) is 2. The highest BCUT2D eigenvalue weighted by atomic mass is 16.1. The lowest BCUT2D eigenvalue weighted by Crippen LogP contribution is -2.15. The second-order valence-electron chi connectivity index (χ2n) is 5.43. The number of carbonyl (C=O) groups is 2. The van der Waals surface area contributed by atoms with Gasteiger partial charge >= 0.3 is 0 Å². The fourth-order valence-corrected chi connectivity index (χ4v) is 2.62. The van der Waals surface area contributed by atoms with E-state index in [1.54, 1.807) is 25.3 Å². The first-order valence-corrected chi connectivity index (χ1v) is 7.34. The van der Waals surface area contributed by atoms with Crippen LogP contribution in [0.15, 0.2) is 60.3 Å². The van der Waals surface area contributed by atoms with E-state index in [2.05, 4.69) is 5.32 Å². The number of aryl methyl sites for hydroxylation is 1. The Labute approximate surface area is 129 Å². The van der Waals surface area contributed by atoms with E-state index in [-0.39, 0.29) is 11.6 Å². The maximum Gasteiger partial charge on any atom is 0.190 e. The molecule has 1 aliphatic carbocycles. The molecule has 3 heteroatoms. The Kier molecular flexibility index (Phi) is 3.88. The molecule has 0 aliphatic heterocycles. The van der Waals surface area contributed by atoms with Gasteiger partial charge in [0.25, 0.3) is 0 Å². The lowest BCUT2D eigenvalue weighted by atomic mass is 9.87. The van der Waals surface area contributed by atoms with Crippen molar-refractivity contribution in [2.24, 2.45) is 0 Å². The Morgan fingerprint density at radius 2 is 1.77 bits per heavy atom. The lowest BCUT2D eigenvalue weighted by molar-refractivity contribution is 0.101. The van der Waals surface area contributed by atoms with Crippen LogP contribution in [0.2, 0.25) is 0 Å². The molecule has 0 saturated carbocycles. The topological polar surface area (TPSA) is 46.2 Å². The smallest absolute Gasteiger partial charge is 0.190 e. The predicted molar refractivity (Wildman–Crippen MR) is 87.2 cm³/mol. The molecule has 0 aromatic heterocycles. The van der Waals surface area contributed by atoms with E-state index in [9.17, 15) is 9.59 Å². The number of fused-ring (bicyclic) bond motifs is 1. The molecule has 0 saturated heterocycles. The van der Waals surface area contributed by atoms with Crippen molar-refractivity contribution in [1.82, 2.24) is 0 Å². The van der Waals surface area contributed by atoms with Crippen LogP contribution in [-0.4, -0.2) is 11.6 Å². The summed E-state index contributed by atoms with van der Waals surface area (Å²) < 4.78 is 0. The van der Waals surface area contributed by atoms with Gasteiger partial charge in [-0.05, 0) is 49.6 Å². The third kappa shape index (κ3) is 2.84. The highest BCUT2D eigenvalue weighted by molar-refractivity contribution is 6.10. The van der Waals surface area contributed by atoms with Crippen molar-refractivity contribution in [2.45, 2.75) is 19.8 Å². The molecule has 2 aromatic rings. The predicted octanol–water partition coefficient (Wildman–Crippen LogP) is 4.01. The van der Waals surface area contributed by atoms with Crippen molar-refractivity contribution in [2.75, 3.05) is 5.32 Å². The Bertz CT molecular complexity index is 757. The second kappa shape index (κ2) is 5.98. The van der Waals surface area contributed by atoms with Gasteiger partial charge in [-0.25, -0.2) is 0 Å². The zero-order valence-electron chi connectivity index (χ0n) is 12.4. The van der Waals surface area contributed by atoms with E-state index in [0.717, 1.165) is 35.2 Å². The van der Waals surface area contributed by atoms with Crippen molar-refractivity contribution in [3.63, 3.8) is 0 Å². The van der Waals surface area contributed by atoms with Crippen LogP contribution in [0.1, 0.15) is 39.6 Å². The van der Waals surface area contributed by atoms with Gasteiger partial charge in [0.15, 0.2) is 11.6 Å². The van der Waals surface area contributed by atoms with Gasteiger partial charge in [-0.15, -0.1) is 0 Å². The number of hydrogen-bond donors (Lipinski definition) is 1. The van der Waals surface area contributed by atoms with Gasteiger partial charge in [0.05, 0.1) is 0 Å². The third-order valence-corrected chi connectivity index (χ3v) is 3.92. The summed E-state index contributed by atoms with van der Waals surface area (Å²) in [4.78, 5) is 23.7. The number of allylic oxidation sites excluding steroid dienone is 1. The molecule has 2 aromatic carbocycles. The van der Waals surface area contributed by atoms with Crippen LogP contribution in [0.4, 0.5) is 5.69 Å². The minimum Gasteiger partial charge on any atom is -0.361 e. The van der Waals surface area contributed by atoms with Crippen molar-refractivity contribution in [3.8, 4) is 0 Å². The van der Waals surface area contributed by atoms with Crippen LogP contribution < -0.4 is 5.32 Å². The molecule has 3 rings (SSSR count). The SMILES string of the molecule is CC(=O)c1ccc(N/C=C2\CCc3ccccc3C2=O)cc1. The number of hydrogen-bond acceptors (Lipinski definition) is 3. The minimum absolute atomic E-state index is 0.0453. The lowest BCUT2D eigenvalue weighted by Gasteiger charge is -2.17. The minimum atomic E-state index is 0.0453. The number of ketones is 2. The van der Waals surface area contributed by atoms with E-state index in [0.29, 0.717) is 5.56 Å². The standard InChI is InChI=1S/C19H17NO2/c1-13(21)14-8-10-17(11-9-14)20-12-16-7-6-15-4-2-3-5-18(15)19(16)22/h2-5,8-12,20H,6-7H2,1H3/b16-12+. The van der Waals surface area contributed by atoms with Gasteiger partial charge in [0, 0.05) is 28.6 Å². The fourth-order valence-electron chi connectivity index (χ4n) is 2.62. The van der Waals surface area contributed by atoms with E-state index in [1.807, 2.05) is 36.4 Å². The average Bonchev–Trinajstić information content (AvgIpc) is 2.55. The summed E-state index contributed by atoms with van der Waals surface area (Å²) >= 11 is 0. The monoisotopic (exact) mass is 291 g/mol. The molecular formula is C19H17NO2. The molecule has 3 nitrogen and oxygen atoms in total. The summed E-state index contributed by atoms with van der Waals surface area (Å²) in [6.45, 7) is 1.54. The van der Waals surface area contributed by atoms with Gasteiger partial charge < -0.3 is 5.32 Å². The molecule has 0 bridgehead atoms.